The number of benzene rings is 2. The molecule has 2 aromatic carbocycles. The summed E-state index contributed by atoms with van der Waals surface area (Å²) in [6.45, 7) is 4.84. The molecule has 0 aliphatic heterocycles. The minimum absolute atomic E-state index is 0.135. The molecule has 0 radical (unpaired) electrons. The molecule has 5 nitrogen and oxygen atoms in total. The van der Waals surface area contributed by atoms with Gasteiger partial charge in [-0.05, 0) is 55.2 Å². The monoisotopic (exact) mass is 409 g/mol. The van der Waals surface area contributed by atoms with Gasteiger partial charge in [0.1, 0.15) is 0 Å². The van der Waals surface area contributed by atoms with E-state index in [0.29, 0.717) is 23.4 Å². The summed E-state index contributed by atoms with van der Waals surface area (Å²) in [6.07, 6.45) is 6.84. The van der Waals surface area contributed by atoms with Crippen molar-refractivity contribution in [2.24, 2.45) is 0 Å². The molecule has 0 heterocycles. The van der Waals surface area contributed by atoms with Gasteiger partial charge in [-0.25, -0.2) is 0 Å². The molecule has 0 aliphatic carbocycles. The minimum Gasteiger partial charge on any atom is -0.377 e. The zero-order chi connectivity index (χ0) is 21.9. The van der Waals surface area contributed by atoms with Crippen molar-refractivity contribution in [1.82, 2.24) is 5.32 Å². The van der Waals surface area contributed by atoms with Gasteiger partial charge in [-0.1, -0.05) is 45.2 Å². The van der Waals surface area contributed by atoms with Crippen molar-refractivity contribution in [3.05, 3.63) is 59.2 Å². The fourth-order valence-electron chi connectivity index (χ4n) is 3.30. The molecule has 2 N–H and O–H groups in total. The summed E-state index contributed by atoms with van der Waals surface area (Å²) in [4.78, 5) is 27.1. The van der Waals surface area contributed by atoms with Crippen molar-refractivity contribution < 1.29 is 9.59 Å². The third-order valence-electron chi connectivity index (χ3n) is 5.05. The highest BCUT2D eigenvalue weighted by atomic mass is 16.2. The molecule has 162 valence electrons. The Morgan fingerprint density at radius 3 is 2.23 bits per heavy atom. The Hall–Kier alpha value is -2.82. The lowest BCUT2D eigenvalue weighted by molar-refractivity contribution is 0.0952. The number of anilines is 2. The van der Waals surface area contributed by atoms with Gasteiger partial charge in [-0.2, -0.15) is 0 Å². The summed E-state index contributed by atoms with van der Waals surface area (Å²) in [5, 5.41) is 5.83. The topological polar surface area (TPSA) is 61.4 Å². The molecule has 2 rings (SSSR count). The summed E-state index contributed by atoms with van der Waals surface area (Å²) in [7, 11) is 3.79. The number of carbonyl (C=O) groups excluding carboxylic acids is 2. The molecule has 2 amide bonds. The van der Waals surface area contributed by atoms with Crippen LogP contribution in [0.2, 0.25) is 0 Å². The number of aryl methyl sites for hydroxylation is 1. The van der Waals surface area contributed by atoms with E-state index in [0.717, 1.165) is 18.5 Å². The van der Waals surface area contributed by atoms with Crippen LogP contribution in [0.5, 0.6) is 0 Å². The van der Waals surface area contributed by atoms with Crippen molar-refractivity contribution in [3.8, 4) is 0 Å². The summed E-state index contributed by atoms with van der Waals surface area (Å²) in [5.74, 6) is -0.311. The highest BCUT2D eigenvalue weighted by Gasteiger charge is 2.15. The molecule has 0 aromatic heterocycles. The van der Waals surface area contributed by atoms with Crippen LogP contribution in [0, 0.1) is 0 Å². The first-order chi connectivity index (χ1) is 14.5. The fourth-order valence-corrected chi connectivity index (χ4v) is 3.30. The first-order valence-corrected chi connectivity index (χ1v) is 11.0. The van der Waals surface area contributed by atoms with Crippen LogP contribution in [0.15, 0.2) is 42.5 Å². The van der Waals surface area contributed by atoms with Crippen molar-refractivity contribution in [1.29, 1.82) is 0 Å². The molecule has 0 aliphatic rings. The smallest absolute Gasteiger partial charge is 0.255 e. The average molecular weight is 410 g/mol. The second-order valence-electron chi connectivity index (χ2n) is 7.84. The van der Waals surface area contributed by atoms with Crippen LogP contribution in [0.4, 0.5) is 11.4 Å². The third kappa shape index (κ3) is 6.90. The lowest BCUT2D eigenvalue weighted by atomic mass is 10.0. The summed E-state index contributed by atoms with van der Waals surface area (Å²) in [5.41, 5.74) is 3.84. The van der Waals surface area contributed by atoms with E-state index in [-0.39, 0.29) is 11.8 Å². The third-order valence-corrected chi connectivity index (χ3v) is 5.05. The molecule has 30 heavy (non-hydrogen) atoms. The Morgan fingerprint density at radius 2 is 1.60 bits per heavy atom. The highest BCUT2D eigenvalue weighted by Crippen LogP contribution is 2.23. The van der Waals surface area contributed by atoms with Gasteiger partial charge in [-0.3, -0.25) is 9.59 Å². The van der Waals surface area contributed by atoms with Crippen molar-refractivity contribution in [2.75, 3.05) is 30.9 Å². The average Bonchev–Trinajstić information content (AvgIpc) is 2.75. The summed E-state index contributed by atoms with van der Waals surface area (Å²) in [6, 6.07) is 13.2. The van der Waals surface area contributed by atoms with Gasteiger partial charge >= 0.3 is 0 Å². The fraction of sp³-hybridized carbons (Fsp3) is 0.440. The normalized spacial score (nSPS) is 10.5. The van der Waals surface area contributed by atoms with Gasteiger partial charge in [0, 0.05) is 37.6 Å². The minimum atomic E-state index is -0.176. The Labute approximate surface area is 180 Å². The van der Waals surface area contributed by atoms with Gasteiger partial charge < -0.3 is 15.5 Å². The quantitative estimate of drug-likeness (QED) is 0.497. The van der Waals surface area contributed by atoms with Crippen LogP contribution >= 0.6 is 0 Å². The van der Waals surface area contributed by atoms with E-state index in [1.165, 1.54) is 31.2 Å². The molecule has 0 atom stereocenters. The number of hydrogen-bond acceptors (Lipinski definition) is 3. The highest BCUT2D eigenvalue weighted by molar-refractivity contribution is 6.06. The Balaban J connectivity index is 2.07. The molecular formula is C25H35N3O2. The zero-order valence-electron chi connectivity index (χ0n) is 18.8. The lowest BCUT2D eigenvalue weighted by Gasteiger charge is -2.18. The Kier molecular flexibility index (Phi) is 9.39. The molecule has 0 spiro atoms. The van der Waals surface area contributed by atoms with Gasteiger partial charge in [-0.15, -0.1) is 0 Å². The first kappa shape index (κ1) is 23.5. The molecule has 0 unspecified atom stereocenters. The maximum Gasteiger partial charge on any atom is 0.255 e. The van der Waals surface area contributed by atoms with Crippen LogP contribution in [0.1, 0.15) is 72.2 Å². The second-order valence-corrected chi connectivity index (χ2v) is 7.84. The zero-order valence-corrected chi connectivity index (χ0v) is 18.8. The van der Waals surface area contributed by atoms with Gasteiger partial charge in [0.2, 0.25) is 0 Å². The number of nitrogens with zero attached hydrogens (tertiary/aromatic N) is 1. The predicted octanol–water partition coefficient (Wildman–Crippen LogP) is 5.27. The number of carbonyl (C=O) groups is 2. The number of nitrogens with one attached hydrogen (secondary N) is 2. The van der Waals surface area contributed by atoms with E-state index in [1.807, 2.05) is 62.3 Å². The van der Waals surface area contributed by atoms with E-state index >= 15 is 0 Å². The Morgan fingerprint density at radius 1 is 0.867 bits per heavy atom. The standard InChI is InChI=1S/C25H35N3O2/c1-5-7-8-9-10-19-11-13-20(14-12-19)24(29)27-21-15-16-23(28(3)4)22(18-21)25(30)26-17-6-2/h11-16,18H,5-10,17H2,1-4H3,(H,26,30)(H,27,29). The molecule has 0 fully saturated rings. The number of rotatable bonds is 11. The predicted molar refractivity (Wildman–Crippen MR) is 126 cm³/mol. The molecule has 0 saturated carbocycles. The number of amides is 2. The summed E-state index contributed by atoms with van der Waals surface area (Å²) >= 11 is 0. The molecule has 5 heteroatoms. The van der Waals surface area contributed by atoms with Crippen LogP contribution in [-0.4, -0.2) is 32.5 Å². The molecule has 0 bridgehead atoms. The van der Waals surface area contributed by atoms with E-state index in [9.17, 15) is 9.59 Å². The first-order valence-electron chi connectivity index (χ1n) is 11.0. The second kappa shape index (κ2) is 12.0. The van der Waals surface area contributed by atoms with Crippen LogP contribution < -0.4 is 15.5 Å². The molecule has 2 aromatic rings. The maximum absolute atomic E-state index is 12.7. The lowest BCUT2D eigenvalue weighted by Crippen LogP contribution is -2.26. The maximum atomic E-state index is 12.7. The van der Waals surface area contributed by atoms with Crippen LogP contribution in [0.3, 0.4) is 0 Å². The van der Waals surface area contributed by atoms with Crippen molar-refractivity contribution in [2.45, 2.75) is 52.4 Å². The van der Waals surface area contributed by atoms with Gasteiger partial charge in [0.05, 0.1) is 5.56 Å². The van der Waals surface area contributed by atoms with Gasteiger partial charge in [0.25, 0.3) is 11.8 Å². The molecular weight excluding hydrogens is 374 g/mol. The van der Waals surface area contributed by atoms with Crippen molar-refractivity contribution >= 4 is 23.2 Å². The van der Waals surface area contributed by atoms with E-state index in [1.54, 1.807) is 6.07 Å². The van der Waals surface area contributed by atoms with Crippen LogP contribution in [0.25, 0.3) is 0 Å². The van der Waals surface area contributed by atoms with E-state index < -0.39 is 0 Å². The summed E-state index contributed by atoms with van der Waals surface area (Å²) < 4.78 is 0. The molecule has 0 saturated heterocycles. The Bertz CT molecular complexity index is 829. The van der Waals surface area contributed by atoms with Gasteiger partial charge in [0.15, 0.2) is 0 Å². The SMILES string of the molecule is CCCCCCc1ccc(C(=O)Nc2ccc(N(C)C)c(C(=O)NCCC)c2)cc1. The van der Waals surface area contributed by atoms with Crippen LogP contribution in [-0.2, 0) is 6.42 Å². The van der Waals surface area contributed by atoms with E-state index in [4.69, 9.17) is 0 Å². The number of unbranched alkanes of at least 4 members (excludes halogenated alkanes) is 3. The largest absolute Gasteiger partial charge is 0.377 e. The number of hydrogen-bond donors (Lipinski definition) is 2. The van der Waals surface area contributed by atoms with Crippen molar-refractivity contribution in [3.63, 3.8) is 0 Å². The van der Waals surface area contributed by atoms with E-state index in [2.05, 4.69) is 17.6 Å².